The molecule has 4 heterocycles. The number of aromatic amines is 2. The monoisotopic (exact) mass is 467 g/mol. The van der Waals surface area contributed by atoms with Gasteiger partial charge in [-0.3, -0.25) is 9.97 Å². The molecule has 1 spiro atoms. The molecule has 36 heavy (non-hydrogen) atoms. The Morgan fingerprint density at radius 3 is 2.25 bits per heavy atom. The van der Waals surface area contributed by atoms with Gasteiger partial charge in [0.15, 0.2) is 0 Å². The maximum absolute atomic E-state index is 5.33. The van der Waals surface area contributed by atoms with E-state index in [1.807, 2.05) is 24.5 Å². The number of aromatic nitrogens is 5. The minimum atomic E-state index is 0.300. The third-order valence-corrected chi connectivity index (χ3v) is 10.9. The van der Waals surface area contributed by atoms with Crippen molar-refractivity contribution in [1.29, 1.82) is 0 Å². The van der Waals surface area contributed by atoms with E-state index in [4.69, 9.17) is 15.0 Å². The fraction of sp³-hybridized carbons (Fsp3) is 0.323. The minimum Gasteiger partial charge on any atom is -0.357 e. The molecule has 2 atom stereocenters. The molecule has 0 radical (unpaired) electrons. The predicted molar refractivity (Wildman–Crippen MR) is 142 cm³/mol. The van der Waals surface area contributed by atoms with E-state index < -0.39 is 0 Å². The van der Waals surface area contributed by atoms with Gasteiger partial charge in [-0.25, -0.2) is 4.98 Å². The van der Waals surface area contributed by atoms with E-state index in [0.29, 0.717) is 10.8 Å². The van der Waals surface area contributed by atoms with Gasteiger partial charge in [0.25, 0.3) is 0 Å². The van der Waals surface area contributed by atoms with E-state index in [1.54, 1.807) is 0 Å². The number of hydrogen-bond acceptors (Lipinski definition) is 3. The lowest BCUT2D eigenvalue weighted by Gasteiger charge is -2.74. The molecule has 2 unspecified atom stereocenters. The molecule has 2 bridgehead atoms. The first-order valence-corrected chi connectivity index (χ1v) is 13.4. The molecule has 0 amide bonds. The van der Waals surface area contributed by atoms with Crippen LogP contribution in [0, 0.1) is 23.2 Å². The summed E-state index contributed by atoms with van der Waals surface area (Å²) in [6.07, 6.45) is 10.8. The van der Waals surface area contributed by atoms with E-state index in [2.05, 4.69) is 46.4 Å². The van der Waals surface area contributed by atoms with Crippen molar-refractivity contribution in [3.8, 4) is 11.4 Å². The molecule has 0 saturated heterocycles. The standard InChI is InChI=1S/C31H25N5/c1-2-8-22-19(5-1)23(28(34-22)30-14-17-11-16-12-18(15-30)31(17,30)13-16)29-35-26-20-6-3-9-32-24(20)25-21(27(26)36-29)7-4-10-33-25/h1-10,16-18,34H,11-15H2,(H,35,36). The van der Waals surface area contributed by atoms with Crippen molar-refractivity contribution >= 4 is 43.7 Å². The Hall–Kier alpha value is -3.73. The zero-order valence-corrected chi connectivity index (χ0v) is 19.9. The maximum atomic E-state index is 5.33. The lowest BCUT2D eigenvalue weighted by atomic mass is 9.29. The lowest BCUT2D eigenvalue weighted by molar-refractivity contribution is -0.206. The first kappa shape index (κ1) is 18.5. The molecule has 5 nitrogen and oxygen atoms in total. The number of hydrogen-bond donors (Lipinski definition) is 2. The fourth-order valence-electron chi connectivity index (χ4n) is 9.83. The van der Waals surface area contributed by atoms with Gasteiger partial charge in [0.1, 0.15) is 5.82 Å². The average molecular weight is 468 g/mol. The second-order valence-corrected chi connectivity index (χ2v) is 12.0. The van der Waals surface area contributed by atoms with Crippen LogP contribution in [0.25, 0.3) is 55.1 Å². The van der Waals surface area contributed by atoms with Gasteiger partial charge in [-0.15, -0.1) is 0 Å². The highest BCUT2D eigenvalue weighted by Gasteiger charge is 2.81. The Morgan fingerprint density at radius 2 is 1.44 bits per heavy atom. The number of benzene rings is 2. The number of pyridine rings is 2. The predicted octanol–water partition coefficient (Wildman–Crippen LogP) is 6.89. The van der Waals surface area contributed by atoms with Crippen LogP contribution >= 0.6 is 0 Å². The van der Waals surface area contributed by atoms with Gasteiger partial charge in [0.05, 0.1) is 22.1 Å². The summed E-state index contributed by atoms with van der Waals surface area (Å²) in [6, 6.07) is 17.1. The number of nitrogens with one attached hydrogen (secondary N) is 2. The number of H-pyrrole nitrogens is 2. The summed E-state index contributed by atoms with van der Waals surface area (Å²) in [5.74, 6) is 3.83. The quantitative estimate of drug-likeness (QED) is 0.273. The smallest absolute Gasteiger partial charge is 0.141 e. The second-order valence-electron chi connectivity index (χ2n) is 12.0. The van der Waals surface area contributed by atoms with E-state index in [1.165, 1.54) is 54.3 Å². The van der Waals surface area contributed by atoms with Gasteiger partial charge >= 0.3 is 0 Å². The number of nitrogens with zero attached hydrogens (tertiary/aromatic N) is 3. The van der Waals surface area contributed by atoms with E-state index in [0.717, 1.165) is 56.4 Å². The van der Waals surface area contributed by atoms with Crippen molar-refractivity contribution in [2.45, 2.75) is 37.5 Å². The van der Waals surface area contributed by atoms with Gasteiger partial charge in [-0.05, 0) is 85.6 Å². The van der Waals surface area contributed by atoms with Crippen LogP contribution in [0.4, 0.5) is 0 Å². The Morgan fingerprint density at radius 1 is 0.722 bits per heavy atom. The summed E-state index contributed by atoms with van der Waals surface area (Å²) in [7, 11) is 0. The van der Waals surface area contributed by atoms with Crippen LogP contribution in [0.1, 0.15) is 37.8 Å². The molecule has 2 N–H and O–H groups in total. The summed E-state index contributed by atoms with van der Waals surface area (Å²) < 4.78 is 0. The molecule has 4 aliphatic rings. The minimum absolute atomic E-state index is 0.300. The van der Waals surface area contributed by atoms with Crippen molar-refractivity contribution in [3.63, 3.8) is 0 Å². The molecule has 174 valence electrons. The molecule has 0 aliphatic heterocycles. The van der Waals surface area contributed by atoms with Crippen molar-refractivity contribution in [2.75, 3.05) is 0 Å². The Kier molecular flexibility index (Phi) is 2.99. The number of para-hydroxylation sites is 1. The zero-order valence-electron chi connectivity index (χ0n) is 19.9. The van der Waals surface area contributed by atoms with E-state index >= 15 is 0 Å². The third-order valence-electron chi connectivity index (χ3n) is 10.9. The van der Waals surface area contributed by atoms with Gasteiger partial charge < -0.3 is 9.97 Å². The summed E-state index contributed by atoms with van der Waals surface area (Å²) in [5.41, 5.74) is 8.70. The molecule has 4 aliphatic carbocycles. The number of imidazole rings is 1. The molecular weight excluding hydrogens is 442 g/mol. The Bertz CT molecular complexity index is 1840. The highest BCUT2D eigenvalue weighted by atomic mass is 15.0. The van der Waals surface area contributed by atoms with Crippen LogP contribution in [0.2, 0.25) is 0 Å². The third kappa shape index (κ3) is 1.82. The SMILES string of the molecule is c1ccc2c(-c3nc4c5cccnc5c5ncccc5c4[nH]3)c(C34CC5CC6CC(C3)C54C6)[nH]c2c1. The van der Waals surface area contributed by atoms with Crippen molar-refractivity contribution in [1.82, 2.24) is 24.9 Å². The molecule has 10 rings (SSSR count). The number of rotatable bonds is 2. The maximum Gasteiger partial charge on any atom is 0.141 e. The van der Waals surface area contributed by atoms with Gasteiger partial charge in [0.2, 0.25) is 0 Å². The van der Waals surface area contributed by atoms with Crippen molar-refractivity contribution < 1.29 is 0 Å². The molecule has 6 aromatic rings. The van der Waals surface area contributed by atoms with Gasteiger partial charge in [0, 0.05) is 50.7 Å². The van der Waals surface area contributed by atoms with Crippen molar-refractivity contribution in [2.24, 2.45) is 23.2 Å². The zero-order chi connectivity index (χ0) is 23.2. The first-order chi connectivity index (χ1) is 17.8. The van der Waals surface area contributed by atoms with Crippen molar-refractivity contribution in [3.05, 3.63) is 66.6 Å². The Balaban J connectivity index is 1.30. The van der Waals surface area contributed by atoms with E-state index in [-0.39, 0.29) is 0 Å². The second kappa shape index (κ2) is 5.80. The molecule has 5 heteroatoms. The molecule has 4 fully saturated rings. The van der Waals surface area contributed by atoms with Crippen LogP contribution in [-0.4, -0.2) is 24.9 Å². The van der Waals surface area contributed by atoms with Crippen LogP contribution in [0.5, 0.6) is 0 Å². The van der Waals surface area contributed by atoms with E-state index in [9.17, 15) is 0 Å². The first-order valence-electron chi connectivity index (χ1n) is 13.4. The van der Waals surface area contributed by atoms with Gasteiger partial charge in [-0.2, -0.15) is 0 Å². The lowest BCUT2D eigenvalue weighted by Crippen LogP contribution is -2.71. The fourth-order valence-corrected chi connectivity index (χ4v) is 9.83. The highest BCUT2D eigenvalue weighted by molar-refractivity contribution is 6.21. The summed E-state index contributed by atoms with van der Waals surface area (Å²) in [6.45, 7) is 0. The van der Waals surface area contributed by atoms with Gasteiger partial charge in [-0.1, -0.05) is 18.2 Å². The topological polar surface area (TPSA) is 70.2 Å². The molecule has 4 saturated carbocycles. The van der Waals surface area contributed by atoms with Crippen LogP contribution in [0.15, 0.2) is 60.9 Å². The largest absolute Gasteiger partial charge is 0.357 e. The van der Waals surface area contributed by atoms with Crippen LogP contribution in [-0.2, 0) is 5.41 Å². The normalized spacial score (nSPS) is 31.8. The Labute approximate surface area is 207 Å². The molecule has 2 aromatic carbocycles. The van der Waals surface area contributed by atoms with Crippen LogP contribution in [0.3, 0.4) is 0 Å². The van der Waals surface area contributed by atoms with Crippen LogP contribution < -0.4 is 0 Å². The number of fused-ring (bicyclic) bond motifs is 8. The molecular formula is C31H25N5. The summed E-state index contributed by atoms with van der Waals surface area (Å²) in [5, 5.41) is 3.42. The summed E-state index contributed by atoms with van der Waals surface area (Å²) >= 11 is 0. The molecule has 4 aromatic heterocycles. The average Bonchev–Trinajstić information content (AvgIpc) is 3.66. The highest BCUT2D eigenvalue weighted by Crippen LogP contribution is 2.87. The summed E-state index contributed by atoms with van der Waals surface area (Å²) in [4.78, 5) is 22.5.